The van der Waals surface area contributed by atoms with Crippen LogP contribution in [-0.2, 0) is 21.4 Å². The second-order valence-corrected chi connectivity index (χ2v) is 9.05. The maximum Gasteiger partial charge on any atom is 0.305 e. The van der Waals surface area contributed by atoms with Gasteiger partial charge in [0.05, 0.1) is 24.8 Å². The van der Waals surface area contributed by atoms with Gasteiger partial charge in [0.2, 0.25) is 10.0 Å². The lowest BCUT2D eigenvalue weighted by Crippen LogP contribution is -2.52. The average Bonchev–Trinajstić information content (AvgIpc) is 3.41. The van der Waals surface area contributed by atoms with E-state index in [1.165, 1.54) is 7.11 Å². The van der Waals surface area contributed by atoms with E-state index in [1.54, 1.807) is 24.3 Å². The molecule has 1 aliphatic heterocycles. The first kappa shape index (κ1) is 22.8. The quantitative estimate of drug-likeness (QED) is 0.640. The number of ether oxygens (including phenoxy) is 1. The Hall–Kier alpha value is -1.49. The molecule has 158 valence electrons. The van der Waals surface area contributed by atoms with Crippen molar-refractivity contribution in [1.29, 1.82) is 0 Å². The number of hydrogen-bond acceptors (Lipinski definition) is 5. The predicted octanol–water partition coefficient (Wildman–Crippen LogP) is 1.86. The van der Waals surface area contributed by atoms with E-state index in [9.17, 15) is 22.0 Å². The van der Waals surface area contributed by atoms with Crippen molar-refractivity contribution < 1.29 is 31.8 Å². The Labute approximate surface area is 168 Å². The number of nitrogens with zero attached hydrogens (tertiary/aromatic N) is 1. The van der Waals surface area contributed by atoms with Crippen molar-refractivity contribution in [2.24, 2.45) is 0 Å². The number of nitrogens with one attached hydrogen (secondary N) is 1. The van der Waals surface area contributed by atoms with Crippen LogP contribution < -0.4 is 10.1 Å². The third-order valence-electron chi connectivity index (χ3n) is 4.96. The van der Waals surface area contributed by atoms with Gasteiger partial charge in [-0.25, -0.2) is 17.2 Å². The van der Waals surface area contributed by atoms with Crippen LogP contribution in [0.1, 0.15) is 24.8 Å². The molecule has 0 amide bonds. The highest BCUT2D eigenvalue weighted by molar-refractivity contribution is 7.90. The molecule has 2 atom stereocenters. The summed E-state index contributed by atoms with van der Waals surface area (Å²) in [6, 6.07) is 3.29. The van der Waals surface area contributed by atoms with E-state index in [0.717, 1.165) is 4.31 Å². The number of carbonyl (C=O) groups is 1. The summed E-state index contributed by atoms with van der Waals surface area (Å²) < 4.78 is 61.3. The molecule has 1 heterocycles. The largest absolute Gasteiger partial charge is 0.497 e. The van der Waals surface area contributed by atoms with Crippen LogP contribution in [0.2, 0.25) is 0 Å². The highest BCUT2D eigenvalue weighted by atomic mass is 35.5. The Morgan fingerprint density at radius 2 is 1.93 bits per heavy atom. The molecule has 2 N–H and O–H groups in total. The average molecular weight is 441 g/mol. The fourth-order valence-corrected chi connectivity index (χ4v) is 5.29. The molecule has 1 aromatic carbocycles. The number of carboxylic acid groups (broad SMARTS) is 1. The zero-order valence-corrected chi connectivity index (χ0v) is 16.8. The monoisotopic (exact) mass is 440 g/mol. The van der Waals surface area contributed by atoms with E-state index >= 15 is 0 Å². The van der Waals surface area contributed by atoms with Crippen molar-refractivity contribution in [3.05, 3.63) is 29.8 Å². The molecule has 7 nitrogen and oxygen atoms in total. The van der Waals surface area contributed by atoms with Crippen molar-refractivity contribution in [2.45, 2.75) is 49.1 Å². The first-order chi connectivity index (χ1) is 12.7. The molecule has 0 radical (unpaired) electrons. The smallest absolute Gasteiger partial charge is 0.305 e. The van der Waals surface area contributed by atoms with E-state index < -0.39 is 45.7 Å². The van der Waals surface area contributed by atoms with Crippen molar-refractivity contribution in [2.75, 3.05) is 13.7 Å². The molecule has 2 fully saturated rings. The van der Waals surface area contributed by atoms with Crippen LogP contribution >= 0.6 is 12.4 Å². The molecule has 1 aromatic rings. The molecular weight excluding hydrogens is 418 g/mol. The lowest BCUT2D eigenvalue weighted by Gasteiger charge is -2.32. The van der Waals surface area contributed by atoms with Crippen LogP contribution in [0, 0.1) is 0 Å². The molecule has 2 aliphatic rings. The van der Waals surface area contributed by atoms with Gasteiger partial charge in [0.15, 0.2) is 0 Å². The molecule has 1 aliphatic carbocycles. The SMILES string of the molecule is COc1ccc(CN([C@@H]2CN[C@H](CC(=O)O)C2(F)F)S(=O)(=O)C2CC2)cc1.Cl. The summed E-state index contributed by atoms with van der Waals surface area (Å²) in [5, 5.41) is 10.7. The van der Waals surface area contributed by atoms with E-state index in [0.29, 0.717) is 24.2 Å². The number of alkyl halides is 2. The van der Waals surface area contributed by atoms with Crippen LogP contribution in [0.3, 0.4) is 0 Å². The minimum atomic E-state index is -3.91. The standard InChI is InChI=1S/C17H22F2N2O5S.ClH/c1-26-12-4-2-11(3-5-12)10-21(27(24,25)13-6-7-13)15-9-20-14(8-16(22)23)17(15,18)19;/h2-5,13-15,20H,6-10H2,1H3,(H,22,23);1H/t14-,15-;/m1./s1. The van der Waals surface area contributed by atoms with Gasteiger partial charge in [-0.3, -0.25) is 4.79 Å². The van der Waals surface area contributed by atoms with E-state index in [-0.39, 0.29) is 25.5 Å². The second-order valence-electron chi connectivity index (χ2n) is 6.89. The molecular formula is C17H23ClF2N2O5S. The molecule has 28 heavy (non-hydrogen) atoms. The number of hydrogen-bond donors (Lipinski definition) is 2. The lowest BCUT2D eigenvalue weighted by atomic mass is 10.0. The van der Waals surface area contributed by atoms with Gasteiger partial charge in [-0.1, -0.05) is 12.1 Å². The van der Waals surface area contributed by atoms with Gasteiger partial charge in [-0.05, 0) is 30.5 Å². The lowest BCUT2D eigenvalue weighted by molar-refractivity contribution is -0.140. The maximum absolute atomic E-state index is 14.9. The van der Waals surface area contributed by atoms with Gasteiger partial charge in [-0.2, -0.15) is 4.31 Å². The summed E-state index contributed by atoms with van der Waals surface area (Å²) >= 11 is 0. The van der Waals surface area contributed by atoms with Crippen LogP contribution in [0.4, 0.5) is 8.78 Å². The third-order valence-corrected chi connectivity index (χ3v) is 7.31. The summed E-state index contributed by atoms with van der Waals surface area (Å²) in [7, 11) is -2.42. The summed E-state index contributed by atoms with van der Waals surface area (Å²) in [4.78, 5) is 10.9. The van der Waals surface area contributed by atoms with Crippen LogP contribution in [0.25, 0.3) is 0 Å². The topological polar surface area (TPSA) is 95.9 Å². The Balaban J connectivity index is 0.00000280. The molecule has 1 saturated carbocycles. The van der Waals surface area contributed by atoms with Crippen molar-refractivity contribution >= 4 is 28.4 Å². The van der Waals surface area contributed by atoms with Crippen LogP contribution in [0.15, 0.2) is 24.3 Å². The summed E-state index contributed by atoms with van der Waals surface area (Å²) in [6.45, 7) is -0.502. The van der Waals surface area contributed by atoms with Crippen LogP contribution in [-0.4, -0.2) is 60.7 Å². The molecule has 3 rings (SSSR count). The summed E-state index contributed by atoms with van der Waals surface area (Å²) in [5.41, 5.74) is 0.553. The maximum atomic E-state index is 14.9. The molecule has 1 saturated heterocycles. The van der Waals surface area contributed by atoms with Crippen molar-refractivity contribution in [1.82, 2.24) is 9.62 Å². The first-order valence-electron chi connectivity index (χ1n) is 8.63. The normalized spacial score (nSPS) is 24.0. The minimum Gasteiger partial charge on any atom is -0.497 e. The highest BCUT2D eigenvalue weighted by Gasteiger charge is 2.58. The first-order valence-corrected chi connectivity index (χ1v) is 10.1. The number of aliphatic carboxylic acids is 1. The van der Waals surface area contributed by atoms with Gasteiger partial charge in [0, 0.05) is 13.1 Å². The molecule has 0 unspecified atom stereocenters. The Kier molecular flexibility index (Phi) is 6.90. The van der Waals surface area contributed by atoms with Crippen molar-refractivity contribution in [3.8, 4) is 5.75 Å². The van der Waals surface area contributed by atoms with Crippen molar-refractivity contribution in [3.63, 3.8) is 0 Å². The van der Waals surface area contributed by atoms with E-state index in [1.807, 2.05) is 0 Å². The van der Waals surface area contributed by atoms with Gasteiger partial charge < -0.3 is 15.2 Å². The highest BCUT2D eigenvalue weighted by Crippen LogP contribution is 2.40. The predicted molar refractivity (Wildman–Crippen MR) is 101 cm³/mol. The molecule has 11 heteroatoms. The van der Waals surface area contributed by atoms with Gasteiger partial charge in [0.1, 0.15) is 11.8 Å². The van der Waals surface area contributed by atoms with E-state index in [4.69, 9.17) is 9.84 Å². The zero-order chi connectivity index (χ0) is 19.8. The fourth-order valence-electron chi connectivity index (χ4n) is 3.28. The molecule has 0 aromatic heterocycles. The number of sulfonamides is 1. The fraction of sp³-hybridized carbons (Fsp3) is 0.588. The van der Waals surface area contributed by atoms with E-state index in [2.05, 4.69) is 5.32 Å². The Bertz CT molecular complexity index is 802. The van der Waals surface area contributed by atoms with Gasteiger partial charge in [0.25, 0.3) is 5.92 Å². The Morgan fingerprint density at radius 1 is 1.32 bits per heavy atom. The zero-order valence-electron chi connectivity index (χ0n) is 15.2. The number of carboxylic acids is 1. The number of methoxy groups -OCH3 is 1. The second kappa shape index (κ2) is 8.48. The Morgan fingerprint density at radius 3 is 2.43 bits per heavy atom. The molecule has 0 bridgehead atoms. The number of rotatable bonds is 8. The van der Waals surface area contributed by atoms with Gasteiger partial charge in [-0.15, -0.1) is 12.4 Å². The minimum absolute atomic E-state index is 0. The summed E-state index contributed by atoms with van der Waals surface area (Å²) in [6.07, 6.45) is 0.126. The van der Waals surface area contributed by atoms with Gasteiger partial charge >= 0.3 is 5.97 Å². The number of benzene rings is 1. The third kappa shape index (κ3) is 4.56. The summed E-state index contributed by atoms with van der Waals surface area (Å²) in [5.74, 6) is -4.28. The molecule has 0 spiro atoms. The van der Waals surface area contributed by atoms with Crippen LogP contribution in [0.5, 0.6) is 5.75 Å². The number of halogens is 3.